The average molecular weight is 823 g/mol. The van der Waals surface area contributed by atoms with E-state index in [4.69, 9.17) is 0 Å². The predicted molar refractivity (Wildman–Crippen MR) is 214 cm³/mol. The summed E-state index contributed by atoms with van der Waals surface area (Å²) in [6.07, 6.45) is 6.42. The Bertz CT molecular complexity index is 2560. The zero-order valence-electron chi connectivity index (χ0n) is 31.5. The molecular formula is C43H36F6N2O4S2. The van der Waals surface area contributed by atoms with Crippen LogP contribution in [-0.4, -0.2) is 62.8 Å². The molecule has 0 unspecified atom stereocenters. The number of sulfone groups is 2. The van der Waals surface area contributed by atoms with E-state index < -0.39 is 79.3 Å². The van der Waals surface area contributed by atoms with Gasteiger partial charge in [-0.05, 0) is 94.8 Å². The number of rotatable bonds is 8. The van der Waals surface area contributed by atoms with E-state index in [1.807, 2.05) is 86.5 Å². The zero-order valence-corrected chi connectivity index (χ0v) is 33.1. The molecule has 2 heterocycles. The van der Waals surface area contributed by atoms with Crippen molar-refractivity contribution in [3.63, 3.8) is 0 Å². The van der Waals surface area contributed by atoms with Gasteiger partial charge in [0.25, 0.3) is 0 Å². The summed E-state index contributed by atoms with van der Waals surface area (Å²) in [5.74, 6) is -17.8. The largest absolute Gasteiger partial charge is 0.380 e. The van der Waals surface area contributed by atoms with Crippen molar-refractivity contribution in [1.29, 1.82) is 0 Å². The second-order valence-corrected chi connectivity index (χ2v) is 18.2. The monoisotopic (exact) mass is 822 g/mol. The number of allylic oxidation sites excluding steroid dienone is 4. The Labute approximate surface area is 327 Å². The Morgan fingerprint density at radius 1 is 0.474 bits per heavy atom. The van der Waals surface area contributed by atoms with E-state index in [1.54, 1.807) is 24.3 Å². The van der Waals surface area contributed by atoms with Gasteiger partial charge in [-0.3, -0.25) is 0 Å². The molecule has 14 heteroatoms. The summed E-state index contributed by atoms with van der Waals surface area (Å²) < 4.78 is 152. The number of anilines is 2. The fraction of sp³-hybridized carbons (Fsp3) is 0.209. The van der Waals surface area contributed by atoms with Crippen molar-refractivity contribution in [2.45, 2.75) is 41.4 Å². The second-order valence-electron chi connectivity index (χ2n) is 14.5. The molecule has 0 bridgehead atoms. The molecular weight excluding hydrogens is 787 g/mol. The summed E-state index contributed by atoms with van der Waals surface area (Å²) in [6, 6.07) is 22.4. The molecule has 3 aliphatic rings. The van der Waals surface area contributed by atoms with Crippen LogP contribution in [0.25, 0.3) is 35.5 Å². The minimum atomic E-state index is -6.20. The number of alkyl halides is 6. The minimum absolute atomic E-state index is 0.172. The zero-order chi connectivity index (χ0) is 41.6. The number of halogens is 6. The minimum Gasteiger partial charge on any atom is -0.378 e. The molecule has 296 valence electrons. The van der Waals surface area contributed by atoms with E-state index in [1.165, 1.54) is 24.3 Å². The number of benzene rings is 4. The van der Waals surface area contributed by atoms with Gasteiger partial charge in [0.05, 0.1) is 30.7 Å². The molecule has 0 radical (unpaired) electrons. The van der Waals surface area contributed by atoms with Crippen molar-refractivity contribution in [2.24, 2.45) is 0 Å². The first-order valence-electron chi connectivity index (χ1n) is 17.5. The van der Waals surface area contributed by atoms with Crippen molar-refractivity contribution in [3.05, 3.63) is 139 Å². The summed E-state index contributed by atoms with van der Waals surface area (Å²) >= 11 is 0. The Hall–Kier alpha value is -5.34. The van der Waals surface area contributed by atoms with Gasteiger partial charge in [-0.15, -0.1) is 0 Å². The summed E-state index contributed by atoms with van der Waals surface area (Å²) in [6.45, 7) is 2.09. The van der Waals surface area contributed by atoms with Crippen LogP contribution < -0.4 is 9.80 Å². The van der Waals surface area contributed by atoms with Crippen molar-refractivity contribution in [1.82, 2.24) is 0 Å². The fourth-order valence-corrected chi connectivity index (χ4v) is 11.4. The smallest absolute Gasteiger partial charge is 0.378 e. The standard InChI is InChI=1S/C43H36F6N2O4S2/c1-25-33-21-15-29(9-7-27-11-17-31(18-12-27)50(3)4)23-35(33)56(52,53)39(25)37-38(42(46,47)43(48,49)41(37,44)45)40-26(2)34-22-16-30(24-36(34)57(40,54)55)10-8-28-13-19-32(20-14-28)51(5)6/h7-24H,1-6H3/b9-7+,10-8+. The highest BCUT2D eigenvalue weighted by Crippen LogP contribution is 2.66. The van der Waals surface area contributed by atoms with Gasteiger partial charge in [0, 0.05) is 39.6 Å². The molecule has 6 nitrogen and oxygen atoms in total. The fourth-order valence-electron chi connectivity index (χ4n) is 7.35. The molecule has 7 rings (SSSR count). The van der Waals surface area contributed by atoms with Crippen LogP contribution in [0.3, 0.4) is 0 Å². The number of nitrogens with zero attached hydrogens (tertiary/aromatic N) is 2. The van der Waals surface area contributed by atoms with E-state index in [9.17, 15) is 16.8 Å². The van der Waals surface area contributed by atoms with E-state index in [-0.39, 0.29) is 22.3 Å². The molecule has 0 amide bonds. The van der Waals surface area contributed by atoms with Crippen molar-refractivity contribution in [2.75, 3.05) is 38.0 Å². The normalized spacial score (nSPS) is 19.9. The van der Waals surface area contributed by atoms with Gasteiger partial charge < -0.3 is 9.80 Å². The summed E-state index contributed by atoms with van der Waals surface area (Å²) in [4.78, 5) is -0.314. The summed E-state index contributed by atoms with van der Waals surface area (Å²) in [5.41, 5.74) is -1.92. The number of fused-ring (bicyclic) bond motifs is 2. The number of hydrogen-bond donors (Lipinski definition) is 0. The molecule has 4 aromatic carbocycles. The van der Waals surface area contributed by atoms with Crippen molar-refractivity contribution >= 4 is 66.5 Å². The molecule has 57 heavy (non-hydrogen) atoms. The average Bonchev–Trinajstić information content (AvgIpc) is 3.51. The number of hydrogen-bond acceptors (Lipinski definition) is 6. The highest BCUT2D eigenvalue weighted by atomic mass is 32.2. The highest BCUT2D eigenvalue weighted by Gasteiger charge is 2.82. The Morgan fingerprint density at radius 2 is 0.772 bits per heavy atom. The summed E-state index contributed by atoms with van der Waals surface area (Å²) in [7, 11) is -2.92. The van der Waals surface area contributed by atoms with E-state index in [0.717, 1.165) is 48.5 Å². The van der Waals surface area contributed by atoms with E-state index in [2.05, 4.69) is 0 Å². The molecule has 4 aromatic rings. The van der Waals surface area contributed by atoms with Crippen LogP contribution in [0.1, 0.15) is 47.2 Å². The van der Waals surface area contributed by atoms with Crippen LogP contribution >= 0.6 is 0 Å². The second kappa shape index (κ2) is 13.4. The first-order valence-corrected chi connectivity index (χ1v) is 20.5. The lowest BCUT2D eigenvalue weighted by molar-refractivity contribution is -0.263. The van der Waals surface area contributed by atoms with Gasteiger partial charge >= 0.3 is 17.8 Å². The van der Waals surface area contributed by atoms with Crippen LogP contribution in [-0.2, 0) is 19.7 Å². The Kier molecular flexibility index (Phi) is 9.36. The van der Waals surface area contributed by atoms with Crippen molar-refractivity contribution in [3.8, 4) is 0 Å². The van der Waals surface area contributed by atoms with Gasteiger partial charge in [0.15, 0.2) is 0 Å². The van der Waals surface area contributed by atoms with Gasteiger partial charge in [0.2, 0.25) is 19.7 Å². The SMILES string of the molecule is CC1=C(C2=C(C3=C(C)c4ccc(/C=C/c5ccc(N(C)C)cc5)cc4S3(=O)=O)C(F)(F)C(F)(F)C2(F)F)S(=O)(=O)c2cc(/C=C/c3ccc(N(C)C)cc3)ccc21. The van der Waals surface area contributed by atoms with Crippen LogP contribution in [0.15, 0.2) is 116 Å². The lowest BCUT2D eigenvalue weighted by atomic mass is 9.97. The molecule has 0 saturated carbocycles. The maximum atomic E-state index is 16.1. The molecule has 0 aromatic heterocycles. The Balaban J connectivity index is 1.33. The van der Waals surface area contributed by atoms with E-state index in [0.29, 0.717) is 0 Å². The summed E-state index contributed by atoms with van der Waals surface area (Å²) in [5, 5.41) is 0. The van der Waals surface area contributed by atoms with Gasteiger partial charge in [-0.25, -0.2) is 16.8 Å². The lowest BCUT2D eigenvalue weighted by Gasteiger charge is -2.26. The quantitative estimate of drug-likeness (QED) is 0.130. The van der Waals surface area contributed by atoms with Gasteiger partial charge in [0.1, 0.15) is 0 Å². The first-order chi connectivity index (χ1) is 26.5. The third kappa shape index (κ3) is 6.06. The van der Waals surface area contributed by atoms with Crippen LogP contribution in [0.4, 0.5) is 37.7 Å². The maximum absolute atomic E-state index is 16.1. The lowest BCUT2D eigenvalue weighted by Crippen LogP contribution is -2.49. The van der Waals surface area contributed by atoms with E-state index >= 15 is 26.3 Å². The van der Waals surface area contributed by atoms with Gasteiger partial charge in [-0.2, -0.15) is 26.3 Å². The molecule has 0 atom stereocenters. The third-order valence-corrected chi connectivity index (χ3v) is 14.4. The van der Waals surface area contributed by atoms with Gasteiger partial charge in [-0.1, -0.05) is 72.8 Å². The molecule has 0 N–H and O–H groups in total. The maximum Gasteiger partial charge on any atom is 0.380 e. The molecule has 0 saturated heterocycles. The molecule has 1 aliphatic carbocycles. The van der Waals surface area contributed by atoms with Crippen LogP contribution in [0.2, 0.25) is 0 Å². The molecule has 0 fully saturated rings. The third-order valence-electron chi connectivity index (χ3n) is 10.5. The highest BCUT2D eigenvalue weighted by molar-refractivity contribution is 7.96. The molecule has 0 spiro atoms. The van der Waals surface area contributed by atoms with Crippen LogP contribution in [0.5, 0.6) is 0 Å². The van der Waals surface area contributed by atoms with Crippen LogP contribution in [0, 0.1) is 0 Å². The van der Waals surface area contributed by atoms with Crippen molar-refractivity contribution < 1.29 is 43.2 Å². The molecule has 2 aliphatic heterocycles. The first kappa shape index (κ1) is 39.9. The Morgan fingerprint density at radius 3 is 1.09 bits per heavy atom. The predicted octanol–water partition coefficient (Wildman–Crippen LogP) is 10.1. The topological polar surface area (TPSA) is 74.8 Å².